The Bertz CT molecular complexity index is 1780. The molecule has 0 aliphatic carbocycles. The molecule has 2 aliphatic rings. The number of carbonyl (C=O) groups is 1. The van der Waals surface area contributed by atoms with E-state index in [0.717, 1.165) is 45.0 Å². The third kappa shape index (κ3) is 4.21. The van der Waals surface area contributed by atoms with Crippen LogP contribution < -0.4 is 19.7 Å². The number of piperazine rings is 1. The highest BCUT2D eigenvalue weighted by Crippen LogP contribution is 2.39. The largest absolute Gasteiger partial charge is 0.489 e. The summed E-state index contributed by atoms with van der Waals surface area (Å²) in [5.74, 6) is 2.82. The monoisotopic (exact) mass is 534 g/mol. The quantitative estimate of drug-likeness (QED) is 0.333. The topological polar surface area (TPSA) is 110 Å². The van der Waals surface area contributed by atoms with Gasteiger partial charge in [-0.15, -0.1) is 0 Å². The molecule has 1 saturated heterocycles. The van der Waals surface area contributed by atoms with E-state index in [1.54, 1.807) is 10.8 Å². The molecule has 5 heterocycles. The number of aryl methyl sites for hydroxylation is 1. The number of amides is 1. The van der Waals surface area contributed by atoms with Gasteiger partial charge in [0.2, 0.25) is 5.91 Å². The van der Waals surface area contributed by atoms with Crippen LogP contribution >= 0.6 is 0 Å². The summed E-state index contributed by atoms with van der Waals surface area (Å²) >= 11 is 0. The number of carbonyl (C=O) groups excluding carboxylic acids is 1. The highest BCUT2D eigenvalue weighted by Gasteiger charge is 2.34. The summed E-state index contributed by atoms with van der Waals surface area (Å²) in [6, 6.07) is 13.6. The first-order valence-corrected chi connectivity index (χ1v) is 13.0. The smallest absolute Gasteiger partial charge is 0.246 e. The second-order valence-corrected chi connectivity index (χ2v) is 9.84. The molecular formula is C29H26N8O3. The van der Waals surface area contributed by atoms with Gasteiger partial charge >= 0.3 is 0 Å². The summed E-state index contributed by atoms with van der Waals surface area (Å²) in [7, 11) is 0. The Labute approximate surface area is 229 Å². The number of fused-ring (bicyclic) bond motifs is 6. The number of rotatable bonds is 5. The van der Waals surface area contributed by atoms with Crippen LogP contribution in [0.5, 0.6) is 17.2 Å². The molecule has 2 aromatic carbocycles. The third-order valence-electron chi connectivity index (χ3n) is 7.35. The number of ether oxygens (including phenoxy) is 2. The van der Waals surface area contributed by atoms with Gasteiger partial charge in [0.05, 0.1) is 17.2 Å². The predicted molar refractivity (Wildman–Crippen MR) is 150 cm³/mol. The Morgan fingerprint density at radius 1 is 1.12 bits per heavy atom. The lowest BCUT2D eigenvalue weighted by atomic mass is 10.1. The minimum absolute atomic E-state index is 0.0413. The van der Waals surface area contributed by atoms with Gasteiger partial charge in [-0.3, -0.25) is 4.79 Å². The van der Waals surface area contributed by atoms with Gasteiger partial charge in [0.15, 0.2) is 5.65 Å². The first-order chi connectivity index (χ1) is 19.6. The van der Waals surface area contributed by atoms with Crippen LogP contribution in [-0.4, -0.2) is 67.7 Å². The highest BCUT2D eigenvalue weighted by atomic mass is 16.5. The number of hydrogen-bond acceptors (Lipinski definition) is 9. The van der Waals surface area contributed by atoms with Crippen molar-refractivity contribution >= 4 is 39.6 Å². The Hall–Kier alpha value is -5.19. The van der Waals surface area contributed by atoms with Crippen LogP contribution in [0.15, 0.2) is 74.0 Å². The summed E-state index contributed by atoms with van der Waals surface area (Å²) in [6.45, 7) is 8.08. The number of hydrogen-bond donors (Lipinski definition) is 1. The fourth-order valence-electron chi connectivity index (χ4n) is 5.31. The van der Waals surface area contributed by atoms with Crippen LogP contribution in [0.25, 0.3) is 16.6 Å². The molecule has 1 amide bonds. The van der Waals surface area contributed by atoms with E-state index < -0.39 is 0 Å². The van der Waals surface area contributed by atoms with Gasteiger partial charge in [-0.25, -0.2) is 19.5 Å². The van der Waals surface area contributed by atoms with Crippen molar-refractivity contribution in [3.05, 3.63) is 79.5 Å². The molecule has 11 nitrogen and oxygen atoms in total. The van der Waals surface area contributed by atoms with Crippen molar-refractivity contribution in [3.8, 4) is 17.2 Å². The molecule has 2 aliphatic heterocycles. The fraction of sp³-hybridized carbons (Fsp3) is 0.207. The number of benzene rings is 2. The molecule has 0 saturated carbocycles. The summed E-state index contributed by atoms with van der Waals surface area (Å²) in [4.78, 5) is 29.7. The lowest BCUT2D eigenvalue weighted by molar-refractivity contribution is -0.129. The highest BCUT2D eigenvalue weighted by molar-refractivity contribution is 5.95. The van der Waals surface area contributed by atoms with Crippen LogP contribution in [-0.2, 0) is 4.79 Å². The minimum atomic E-state index is -0.0650. The lowest BCUT2D eigenvalue weighted by Crippen LogP contribution is -2.56. The number of aromatic nitrogens is 5. The summed E-state index contributed by atoms with van der Waals surface area (Å²) < 4.78 is 14.0. The molecule has 1 atom stereocenters. The van der Waals surface area contributed by atoms with Crippen molar-refractivity contribution in [2.75, 3.05) is 36.5 Å². The zero-order valence-corrected chi connectivity index (χ0v) is 21.8. The van der Waals surface area contributed by atoms with Gasteiger partial charge in [-0.1, -0.05) is 6.58 Å². The third-order valence-corrected chi connectivity index (χ3v) is 7.35. The second-order valence-electron chi connectivity index (χ2n) is 9.84. The van der Waals surface area contributed by atoms with E-state index in [9.17, 15) is 4.79 Å². The van der Waals surface area contributed by atoms with Gasteiger partial charge in [-0.2, -0.15) is 5.10 Å². The molecule has 11 heteroatoms. The van der Waals surface area contributed by atoms with E-state index in [-0.39, 0.29) is 11.9 Å². The second kappa shape index (κ2) is 9.53. The summed E-state index contributed by atoms with van der Waals surface area (Å²) in [5.41, 5.74) is 4.30. The van der Waals surface area contributed by atoms with Gasteiger partial charge in [0.25, 0.3) is 0 Å². The van der Waals surface area contributed by atoms with Crippen LogP contribution in [0.1, 0.15) is 5.56 Å². The molecule has 0 spiro atoms. The van der Waals surface area contributed by atoms with Gasteiger partial charge < -0.3 is 24.6 Å². The number of nitrogens with zero attached hydrogens (tertiary/aromatic N) is 7. The normalized spacial score (nSPS) is 16.3. The molecule has 1 N–H and O–H groups in total. The molecule has 40 heavy (non-hydrogen) atoms. The average Bonchev–Trinajstić information content (AvgIpc) is 3.40. The Morgan fingerprint density at radius 3 is 2.92 bits per heavy atom. The standard InChI is InChI=1S/C29H26N8O3/c1-3-28(38)36-9-8-35-14-20(36)15-39-26-13-23-22(12-24(26)35)29(32-16-30-23)34-19-4-5-25(18(2)10-19)40-21-6-7-37-27(11-21)31-17-33-37/h3-7,10-13,16-17,20H,1,8-9,14-15H2,2H3,(H,30,32,34)/t20-/m1/s1. The molecule has 3 aromatic heterocycles. The van der Waals surface area contributed by atoms with Gasteiger partial charge in [0.1, 0.15) is 42.3 Å². The summed E-state index contributed by atoms with van der Waals surface area (Å²) in [5, 5.41) is 8.46. The molecule has 5 aromatic rings. The minimum Gasteiger partial charge on any atom is -0.489 e. The van der Waals surface area contributed by atoms with Crippen molar-refractivity contribution in [1.29, 1.82) is 0 Å². The van der Waals surface area contributed by atoms with Crippen LogP contribution in [0, 0.1) is 6.92 Å². The van der Waals surface area contributed by atoms with Crippen molar-refractivity contribution in [2.24, 2.45) is 0 Å². The van der Waals surface area contributed by atoms with Crippen molar-refractivity contribution in [2.45, 2.75) is 13.0 Å². The van der Waals surface area contributed by atoms with Crippen LogP contribution in [0.4, 0.5) is 17.2 Å². The summed E-state index contributed by atoms with van der Waals surface area (Å²) in [6.07, 6.45) is 6.24. The van der Waals surface area contributed by atoms with E-state index in [4.69, 9.17) is 9.47 Å². The number of pyridine rings is 1. The molecule has 2 bridgehead atoms. The Kier molecular flexibility index (Phi) is 5.69. The van der Waals surface area contributed by atoms with Crippen LogP contribution in [0.2, 0.25) is 0 Å². The first kappa shape index (κ1) is 23.9. The zero-order valence-electron chi connectivity index (χ0n) is 21.8. The molecule has 0 unspecified atom stereocenters. The zero-order chi connectivity index (χ0) is 27.2. The lowest BCUT2D eigenvalue weighted by Gasteiger charge is -2.39. The van der Waals surface area contributed by atoms with Crippen molar-refractivity contribution < 1.29 is 14.3 Å². The van der Waals surface area contributed by atoms with Gasteiger partial charge in [-0.05, 0) is 48.9 Å². The van der Waals surface area contributed by atoms with Crippen molar-refractivity contribution in [3.63, 3.8) is 0 Å². The fourth-order valence-corrected chi connectivity index (χ4v) is 5.31. The average molecular weight is 535 g/mol. The maximum atomic E-state index is 12.3. The van der Waals surface area contributed by atoms with Crippen LogP contribution in [0.3, 0.4) is 0 Å². The molecule has 0 radical (unpaired) electrons. The van der Waals surface area contributed by atoms with E-state index >= 15 is 0 Å². The Morgan fingerprint density at radius 2 is 2.05 bits per heavy atom. The SMILES string of the molecule is C=CC(=O)N1CCN2C[C@@H]1COc1cc3ncnc(Nc4ccc(Oc5ccn6ncnc6c5)c(C)c4)c3cc12. The predicted octanol–water partition coefficient (Wildman–Crippen LogP) is 4.11. The van der Waals surface area contributed by atoms with Gasteiger partial charge in [0, 0.05) is 49.0 Å². The molecule has 200 valence electrons. The first-order valence-electron chi connectivity index (χ1n) is 13.0. The molecule has 7 rings (SSSR count). The maximum Gasteiger partial charge on any atom is 0.246 e. The molecule has 1 fully saturated rings. The Balaban J connectivity index is 1.15. The molecular weight excluding hydrogens is 508 g/mol. The maximum absolute atomic E-state index is 12.3. The van der Waals surface area contributed by atoms with Crippen molar-refractivity contribution in [1.82, 2.24) is 29.5 Å². The van der Waals surface area contributed by atoms with E-state index in [1.807, 2.05) is 54.4 Å². The van der Waals surface area contributed by atoms with E-state index in [1.165, 1.54) is 12.4 Å². The number of anilines is 3. The van der Waals surface area contributed by atoms with E-state index in [2.05, 4.69) is 42.9 Å². The van der Waals surface area contributed by atoms with E-state index in [0.29, 0.717) is 37.8 Å². The number of nitrogens with one attached hydrogen (secondary N) is 1.